The van der Waals surface area contributed by atoms with Crippen molar-refractivity contribution in [2.75, 3.05) is 31.2 Å². The molecule has 108 valence electrons. The van der Waals surface area contributed by atoms with Crippen molar-refractivity contribution in [2.24, 2.45) is 5.92 Å². The van der Waals surface area contributed by atoms with Crippen molar-refractivity contribution in [3.05, 3.63) is 18.2 Å². The molecule has 1 aliphatic heterocycles. The van der Waals surface area contributed by atoms with Gasteiger partial charge in [-0.2, -0.15) is 0 Å². The molecule has 0 aromatic heterocycles. The smallest absolute Gasteiger partial charge is 0.229 e. The summed E-state index contributed by atoms with van der Waals surface area (Å²) >= 11 is 0. The van der Waals surface area contributed by atoms with Crippen LogP contribution in [0.1, 0.15) is 13.3 Å². The van der Waals surface area contributed by atoms with Crippen molar-refractivity contribution in [1.29, 1.82) is 0 Å². The fourth-order valence-electron chi connectivity index (χ4n) is 2.26. The maximum absolute atomic E-state index is 12.2. The molecule has 1 fully saturated rings. The molecule has 0 saturated carbocycles. The molecule has 20 heavy (non-hydrogen) atoms. The second-order valence-electron chi connectivity index (χ2n) is 4.78. The van der Waals surface area contributed by atoms with Crippen LogP contribution in [0.25, 0.3) is 0 Å². The number of nitrogens with two attached hydrogens (primary N) is 1. The molecule has 6 heteroatoms. The Morgan fingerprint density at radius 2 is 2.30 bits per heavy atom. The standard InChI is InChI=1S/C14H19N3O3/c1-3-17-8-9(6-13(17)18)14(19)16-12-7-10(20-2)4-5-11(12)15/h4-5,7,9H,3,6,8,15H2,1-2H3,(H,16,19). The van der Waals surface area contributed by atoms with E-state index in [9.17, 15) is 9.59 Å². The van der Waals surface area contributed by atoms with Crippen molar-refractivity contribution in [2.45, 2.75) is 13.3 Å². The first-order valence-electron chi connectivity index (χ1n) is 6.57. The number of ether oxygens (including phenoxy) is 1. The minimum Gasteiger partial charge on any atom is -0.497 e. The van der Waals surface area contributed by atoms with Gasteiger partial charge in [-0.05, 0) is 19.1 Å². The molecule has 1 aromatic rings. The van der Waals surface area contributed by atoms with E-state index in [0.717, 1.165) is 0 Å². The fraction of sp³-hybridized carbons (Fsp3) is 0.429. The zero-order chi connectivity index (χ0) is 14.7. The van der Waals surface area contributed by atoms with Gasteiger partial charge in [-0.15, -0.1) is 0 Å². The Morgan fingerprint density at radius 1 is 1.55 bits per heavy atom. The van der Waals surface area contributed by atoms with Crippen LogP contribution in [0.5, 0.6) is 5.75 Å². The third-order valence-electron chi connectivity index (χ3n) is 3.49. The highest BCUT2D eigenvalue weighted by molar-refractivity contribution is 5.99. The quantitative estimate of drug-likeness (QED) is 0.807. The van der Waals surface area contributed by atoms with E-state index in [1.165, 1.54) is 0 Å². The Kier molecular flexibility index (Phi) is 4.12. The Bertz CT molecular complexity index is 530. The number of nitrogens with zero attached hydrogens (tertiary/aromatic N) is 1. The number of benzene rings is 1. The third kappa shape index (κ3) is 2.84. The summed E-state index contributed by atoms with van der Waals surface area (Å²) in [5.41, 5.74) is 6.80. The monoisotopic (exact) mass is 277 g/mol. The van der Waals surface area contributed by atoms with Crippen molar-refractivity contribution in [1.82, 2.24) is 4.90 Å². The Morgan fingerprint density at radius 3 is 2.90 bits per heavy atom. The van der Waals surface area contributed by atoms with Gasteiger partial charge in [0.1, 0.15) is 5.75 Å². The predicted molar refractivity (Wildman–Crippen MR) is 76.4 cm³/mol. The van der Waals surface area contributed by atoms with Gasteiger partial charge in [-0.25, -0.2) is 0 Å². The molecule has 0 spiro atoms. The van der Waals surface area contributed by atoms with E-state index in [1.54, 1.807) is 30.2 Å². The van der Waals surface area contributed by atoms with E-state index in [0.29, 0.717) is 30.2 Å². The molecular weight excluding hydrogens is 258 g/mol. The molecule has 1 atom stereocenters. The van der Waals surface area contributed by atoms with Crippen LogP contribution < -0.4 is 15.8 Å². The van der Waals surface area contributed by atoms with Crippen molar-refractivity contribution >= 4 is 23.2 Å². The maximum atomic E-state index is 12.2. The summed E-state index contributed by atoms with van der Waals surface area (Å²) in [6.45, 7) is 2.99. The lowest BCUT2D eigenvalue weighted by molar-refractivity contribution is -0.128. The minimum absolute atomic E-state index is 0.0197. The molecule has 0 radical (unpaired) electrons. The van der Waals surface area contributed by atoms with Gasteiger partial charge in [0.25, 0.3) is 0 Å². The van der Waals surface area contributed by atoms with E-state index in [4.69, 9.17) is 10.5 Å². The Labute approximate surface area is 117 Å². The second kappa shape index (κ2) is 5.81. The van der Waals surface area contributed by atoms with Crippen LogP contribution in [0.2, 0.25) is 0 Å². The van der Waals surface area contributed by atoms with Crippen LogP contribution in [0, 0.1) is 5.92 Å². The number of methoxy groups -OCH3 is 1. The van der Waals surface area contributed by atoms with E-state index in [-0.39, 0.29) is 24.2 Å². The molecule has 6 nitrogen and oxygen atoms in total. The van der Waals surface area contributed by atoms with Crippen LogP contribution in [0.4, 0.5) is 11.4 Å². The van der Waals surface area contributed by atoms with E-state index >= 15 is 0 Å². The average molecular weight is 277 g/mol. The number of anilines is 2. The first kappa shape index (κ1) is 14.2. The fourth-order valence-corrected chi connectivity index (χ4v) is 2.26. The van der Waals surface area contributed by atoms with Crippen LogP contribution in [0.3, 0.4) is 0 Å². The summed E-state index contributed by atoms with van der Waals surface area (Å²) in [5.74, 6) is 0.126. The molecule has 3 N–H and O–H groups in total. The van der Waals surface area contributed by atoms with Gasteiger partial charge in [-0.1, -0.05) is 0 Å². The number of hydrogen-bond acceptors (Lipinski definition) is 4. The van der Waals surface area contributed by atoms with Crippen LogP contribution in [-0.2, 0) is 9.59 Å². The van der Waals surface area contributed by atoms with Crippen molar-refractivity contribution < 1.29 is 14.3 Å². The summed E-state index contributed by atoms with van der Waals surface area (Å²) in [6.07, 6.45) is 0.254. The van der Waals surface area contributed by atoms with Crippen LogP contribution >= 0.6 is 0 Å². The molecule has 0 bridgehead atoms. The van der Waals surface area contributed by atoms with Crippen LogP contribution in [0.15, 0.2) is 18.2 Å². The second-order valence-corrected chi connectivity index (χ2v) is 4.78. The zero-order valence-electron chi connectivity index (χ0n) is 11.7. The molecule has 2 rings (SSSR count). The number of rotatable bonds is 4. The van der Waals surface area contributed by atoms with Gasteiger partial charge in [0.2, 0.25) is 11.8 Å². The zero-order valence-corrected chi connectivity index (χ0v) is 11.7. The molecule has 1 heterocycles. The largest absolute Gasteiger partial charge is 0.497 e. The van der Waals surface area contributed by atoms with Crippen LogP contribution in [-0.4, -0.2) is 36.9 Å². The minimum atomic E-state index is -0.326. The molecule has 1 saturated heterocycles. The van der Waals surface area contributed by atoms with E-state index < -0.39 is 0 Å². The molecule has 1 aromatic carbocycles. The maximum Gasteiger partial charge on any atom is 0.229 e. The summed E-state index contributed by atoms with van der Waals surface area (Å²) in [4.78, 5) is 25.5. The first-order chi connectivity index (χ1) is 9.55. The number of nitrogens with one attached hydrogen (secondary N) is 1. The predicted octanol–water partition coefficient (Wildman–Crippen LogP) is 1.08. The SMILES string of the molecule is CCN1CC(C(=O)Nc2cc(OC)ccc2N)CC1=O. The topological polar surface area (TPSA) is 84.7 Å². The van der Waals surface area contributed by atoms with E-state index in [2.05, 4.69) is 5.32 Å². The lowest BCUT2D eigenvalue weighted by Crippen LogP contribution is -2.28. The van der Waals surface area contributed by atoms with Gasteiger partial charge in [0.15, 0.2) is 0 Å². The highest BCUT2D eigenvalue weighted by Crippen LogP contribution is 2.26. The number of amides is 2. The molecule has 0 aliphatic carbocycles. The van der Waals surface area contributed by atoms with Gasteiger partial charge >= 0.3 is 0 Å². The molecular formula is C14H19N3O3. The summed E-state index contributed by atoms with van der Waals surface area (Å²) in [7, 11) is 1.55. The lowest BCUT2D eigenvalue weighted by atomic mass is 10.1. The summed E-state index contributed by atoms with van der Waals surface area (Å²) in [5, 5.41) is 2.77. The summed E-state index contributed by atoms with van der Waals surface area (Å²) in [6, 6.07) is 5.07. The Balaban J connectivity index is 2.07. The van der Waals surface area contributed by atoms with Gasteiger partial charge < -0.3 is 20.7 Å². The highest BCUT2D eigenvalue weighted by Gasteiger charge is 2.33. The summed E-state index contributed by atoms with van der Waals surface area (Å²) < 4.78 is 5.10. The van der Waals surface area contributed by atoms with Crippen molar-refractivity contribution in [3.63, 3.8) is 0 Å². The molecule has 1 unspecified atom stereocenters. The number of likely N-dealkylation sites (tertiary alicyclic amines) is 1. The van der Waals surface area contributed by atoms with Gasteiger partial charge in [0.05, 0.1) is 24.4 Å². The molecule has 2 amide bonds. The van der Waals surface area contributed by atoms with Gasteiger partial charge in [-0.3, -0.25) is 9.59 Å². The lowest BCUT2D eigenvalue weighted by Gasteiger charge is -2.14. The number of nitrogen functional groups attached to an aromatic ring is 1. The number of hydrogen-bond donors (Lipinski definition) is 2. The number of carbonyl (C=O) groups is 2. The number of carbonyl (C=O) groups excluding carboxylic acids is 2. The Hall–Kier alpha value is -2.24. The average Bonchev–Trinajstić information content (AvgIpc) is 2.82. The third-order valence-corrected chi connectivity index (χ3v) is 3.49. The van der Waals surface area contributed by atoms with Gasteiger partial charge in [0, 0.05) is 25.6 Å². The normalized spacial score (nSPS) is 18.2. The highest BCUT2D eigenvalue weighted by atomic mass is 16.5. The first-order valence-corrected chi connectivity index (χ1v) is 6.57. The molecule has 1 aliphatic rings. The van der Waals surface area contributed by atoms with E-state index in [1.807, 2.05) is 6.92 Å². The van der Waals surface area contributed by atoms with Crippen molar-refractivity contribution in [3.8, 4) is 5.75 Å².